The van der Waals surface area contributed by atoms with Crippen LogP contribution in [0.15, 0.2) is 36.5 Å². The van der Waals surface area contributed by atoms with Gasteiger partial charge in [-0.05, 0) is 63.1 Å². The second kappa shape index (κ2) is 10.6. The van der Waals surface area contributed by atoms with E-state index in [4.69, 9.17) is 14.9 Å². The van der Waals surface area contributed by atoms with E-state index in [0.29, 0.717) is 29.7 Å². The van der Waals surface area contributed by atoms with Crippen LogP contribution in [0.5, 0.6) is 5.75 Å². The Morgan fingerprint density at radius 1 is 1.26 bits per heavy atom. The number of rotatable bonds is 8. The molecule has 3 N–H and O–H groups in total. The molecule has 8 nitrogen and oxygen atoms in total. The lowest BCUT2D eigenvalue weighted by Crippen LogP contribution is -2.31. The Morgan fingerprint density at radius 2 is 2.03 bits per heavy atom. The number of amidine groups is 1. The number of aromatic amines is 1. The minimum absolute atomic E-state index is 0.103. The van der Waals surface area contributed by atoms with Crippen LogP contribution in [0.3, 0.4) is 0 Å². The molecule has 9 heteroatoms. The third-order valence-electron chi connectivity index (χ3n) is 5.01. The van der Waals surface area contributed by atoms with Gasteiger partial charge in [-0.2, -0.15) is 5.26 Å². The van der Waals surface area contributed by atoms with Crippen molar-refractivity contribution in [2.24, 2.45) is 0 Å². The van der Waals surface area contributed by atoms with Gasteiger partial charge >= 0.3 is 5.97 Å². The van der Waals surface area contributed by atoms with Crippen molar-refractivity contribution in [1.29, 1.82) is 10.7 Å². The zero-order valence-electron chi connectivity index (χ0n) is 19.1. The number of nitriles is 1. The number of carbonyl (C=O) groups excluding carboxylic acids is 2. The molecule has 1 heterocycles. The molecule has 3 rings (SSSR count). The molecule has 1 amide bonds. The third-order valence-corrected chi connectivity index (χ3v) is 5.01. The fourth-order valence-corrected chi connectivity index (χ4v) is 3.52. The van der Waals surface area contributed by atoms with Gasteiger partial charge in [0, 0.05) is 23.6 Å². The predicted octanol–water partition coefficient (Wildman–Crippen LogP) is 4.22. The van der Waals surface area contributed by atoms with E-state index < -0.39 is 17.6 Å². The van der Waals surface area contributed by atoms with Gasteiger partial charge in [-0.3, -0.25) is 15.0 Å². The first kappa shape index (κ1) is 24.5. The number of aromatic nitrogens is 1. The molecule has 34 heavy (non-hydrogen) atoms. The van der Waals surface area contributed by atoms with Crippen molar-refractivity contribution < 1.29 is 23.5 Å². The lowest BCUT2D eigenvalue weighted by atomic mass is 10.0. The quantitative estimate of drug-likeness (QED) is 0.261. The second-order valence-corrected chi connectivity index (χ2v) is 7.78. The maximum atomic E-state index is 14.7. The highest BCUT2D eigenvalue weighted by molar-refractivity contribution is 6.16. The van der Waals surface area contributed by atoms with Crippen LogP contribution in [0, 0.1) is 22.6 Å². The molecule has 176 valence electrons. The van der Waals surface area contributed by atoms with Crippen LogP contribution in [-0.2, 0) is 16.0 Å². The highest BCUT2D eigenvalue weighted by Gasteiger charge is 2.20. The average molecular weight is 464 g/mol. The fraction of sp³-hybridized carbons (Fsp3) is 0.280. The van der Waals surface area contributed by atoms with Gasteiger partial charge in [0.2, 0.25) is 0 Å². The van der Waals surface area contributed by atoms with Gasteiger partial charge in [-0.25, -0.2) is 4.39 Å². The van der Waals surface area contributed by atoms with E-state index in [1.807, 2.05) is 19.9 Å². The van der Waals surface area contributed by atoms with Gasteiger partial charge in [-0.1, -0.05) is 0 Å². The van der Waals surface area contributed by atoms with Crippen LogP contribution in [0.2, 0.25) is 0 Å². The molecule has 0 spiro atoms. The van der Waals surface area contributed by atoms with Crippen LogP contribution in [0.25, 0.3) is 10.9 Å². The molecule has 2 aromatic carbocycles. The zero-order valence-corrected chi connectivity index (χ0v) is 19.1. The Bertz CT molecular complexity index is 1290. The smallest absolute Gasteiger partial charge is 0.306 e. The summed E-state index contributed by atoms with van der Waals surface area (Å²) in [6.07, 6.45) is 2.05. The number of halogens is 1. The Hall–Kier alpha value is -4.19. The van der Waals surface area contributed by atoms with Crippen LogP contribution in [0.1, 0.15) is 54.2 Å². The number of carbonyl (C=O) groups is 2. The van der Waals surface area contributed by atoms with Gasteiger partial charge in [0.15, 0.2) is 0 Å². The van der Waals surface area contributed by atoms with Crippen molar-refractivity contribution in [2.45, 2.75) is 39.7 Å². The van der Waals surface area contributed by atoms with E-state index in [1.165, 1.54) is 24.3 Å². The monoisotopic (exact) mass is 464 g/mol. The number of esters is 1. The summed E-state index contributed by atoms with van der Waals surface area (Å²) in [6.45, 7) is 5.66. The van der Waals surface area contributed by atoms with Crippen LogP contribution >= 0.6 is 0 Å². The number of nitrogens with one attached hydrogen (secondary N) is 3. The highest BCUT2D eigenvalue weighted by atomic mass is 19.1. The normalized spacial score (nSPS) is 10.7. The van der Waals surface area contributed by atoms with E-state index in [1.54, 1.807) is 19.2 Å². The van der Waals surface area contributed by atoms with E-state index in [2.05, 4.69) is 10.3 Å². The van der Waals surface area contributed by atoms with Crippen molar-refractivity contribution >= 4 is 28.6 Å². The van der Waals surface area contributed by atoms with Crippen LogP contribution in [-0.4, -0.2) is 35.4 Å². The Labute approximate surface area is 196 Å². The molecule has 1 aromatic heterocycles. The highest BCUT2D eigenvalue weighted by Crippen LogP contribution is 2.26. The predicted molar refractivity (Wildman–Crippen MR) is 124 cm³/mol. The number of hydrogen-bond acceptors (Lipinski definition) is 6. The summed E-state index contributed by atoms with van der Waals surface area (Å²) in [5.41, 5.74) is 1.31. The Balaban J connectivity index is 1.83. The van der Waals surface area contributed by atoms with Gasteiger partial charge < -0.3 is 19.8 Å². The first-order valence-corrected chi connectivity index (χ1v) is 10.8. The number of aryl methyl sites for hydroxylation is 1. The summed E-state index contributed by atoms with van der Waals surface area (Å²) in [6, 6.07) is 9.11. The second-order valence-electron chi connectivity index (χ2n) is 7.78. The first-order valence-electron chi connectivity index (χ1n) is 10.8. The number of hydrogen-bond donors (Lipinski definition) is 3. The van der Waals surface area contributed by atoms with Crippen LogP contribution in [0.4, 0.5) is 4.39 Å². The lowest BCUT2D eigenvalue weighted by Gasteiger charge is -2.13. The van der Waals surface area contributed by atoms with Crippen molar-refractivity contribution in [3.63, 3.8) is 0 Å². The van der Waals surface area contributed by atoms with Crippen molar-refractivity contribution in [3.8, 4) is 11.8 Å². The standard InChI is InChI=1S/C25H25FN4O4/c1-4-33-21(31)10-6-16-13-29-23-18(16)7-8-19(26)22(23)24(28)30-25(32)15-5-9-20(34-14(2)3)17(11-15)12-27/h5,7-9,11,13-14,29H,4,6,10H2,1-3H3,(H2,28,30,32). The molecule has 0 saturated carbocycles. The number of benzene rings is 2. The largest absolute Gasteiger partial charge is 0.490 e. The molecule has 0 bridgehead atoms. The van der Waals surface area contributed by atoms with E-state index in [9.17, 15) is 19.2 Å². The summed E-state index contributed by atoms with van der Waals surface area (Å²) < 4.78 is 25.2. The maximum absolute atomic E-state index is 14.7. The molecule has 0 saturated heterocycles. The van der Waals surface area contributed by atoms with E-state index in [-0.39, 0.29) is 35.2 Å². The van der Waals surface area contributed by atoms with Gasteiger partial charge in [0.25, 0.3) is 5.91 Å². The lowest BCUT2D eigenvalue weighted by molar-refractivity contribution is -0.143. The van der Waals surface area contributed by atoms with E-state index >= 15 is 0 Å². The molecule has 0 aliphatic carbocycles. The fourth-order valence-electron chi connectivity index (χ4n) is 3.52. The molecule has 0 aliphatic heterocycles. The Kier molecular flexibility index (Phi) is 7.64. The van der Waals surface area contributed by atoms with Crippen molar-refractivity contribution in [1.82, 2.24) is 10.3 Å². The average Bonchev–Trinajstić information content (AvgIpc) is 3.20. The number of amides is 1. The minimum Gasteiger partial charge on any atom is -0.490 e. The summed E-state index contributed by atoms with van der Waals surface area (Å²) in [7, 11) is 0. The summed E-state index contributed by atoms with van der Waals surface area (Å²) in [5.74, 6) is -1.77. The Morgan fingerprint density at radius 3 is 2.71 bits per heavy atom. The molecule has 0 atom stereocenters. The first-order chi connectivity index (χ1) is 16.2. The van der Waals surface area contributed by atoms with E-state index in [0.717, 1.165) is 5.56 Å². The molecular formula is C25H25FN4O4. The number of H-pyrrole nitrogens is 1. The van der Waals surface area contributed by atoms with Gasteiger partial charge in [0.1, 0.15) is 23.5 Å². The van der Waals surface area contributed by atoms with Crippen molar-refractivity contribution in [3.05, 3.63) is 64.6 Å². The van der Waals surface area contributed by atoms with Crippen molar-refractivity contribution in [2.75, 3.05) is 6.61 Å². The minimum atomic E-state index is -0.685. The number of ether oxygens (including phenoxy) is 2. The summed E-state index contributed by atoms with van der Waals surface area (Å²) in [5, 5.41) is 20.8. The summed E-state index contributed by atoms with van der Waals surface area (Å²) in [4.78, 5) is 27.4. The SMILES string of the molecule is CCOC(=O)CCc1c[nH]c2c(C(=N)NC(=O)c3ccc(OC(C)C)c(C#N)c3)c(F)ccc12. The van der Waals surface area contributed by atoms with Gasteiger partial charge in [0.05, 0.1) is 29.4 Å². The molecule has 3 aromatic rings. The molecule has 0 radical (unpaired) electrons. The molecule has 0 aliphatic rings. The third kappa shape index (κ3) is 5.41. The summed E-state index contributed by atoms with van der Waals surface area (Å²) >= 11 is 0. The molecule has 0 fully saturated rings. The topological polar surface area (TPSA) is 128 Å². The molecular weight excluding hydrogens is 439 g/mol. The zero-order chi connectivity index (χ0) is 24.8. The maximum Gasteiger partial charge on any atom is 0.306 e. The number of fused-ring (bicyclic) bond motifs is 1. The van der Waals surface area contributed by atoms with Crippen LogP contribution < -0.4 is 10.1 Å². The number of nitrogens with zero attached hydrogens (tertiary/aromatic N) is 1. The van der Waals surface area contributed by atoms with Gasteiger partial charge in [-0.15, -0.1) is 0 Å². The molecule has 0 unspecified atom stereocenters.